The Morgan fingerprint density at radius 2 is 1.83 bits per heavy atom. The third kappa shape index (κ3) is 10.0. The number of benzene rings is 2. The van der Waals surface area contributed by atoms with E-state index < -0.39 is 42.6 Å². The van der Waals surface area contributed by atoms with Crippen molar-refractivity contribution < 1.29 is 37.7 Å². The molecule has 11 nitrogen and oxygen atoms in total. The summed E-state index contributed by atoms with van der Waals surface area (Å²) in [4.78, 5) is 35.0. The Morgan fingerprint density at radius 1 is 1.04 bits per heavy atom. The van der Waals surface area contributed by atoms with Gasteiger partial charge >= 0.3 is 6.18 Å². The minimum atomic E-state index is -4.59. The number of aromatic nitrogens is 2. The number of aliphatic hydroxyl groups is 2. The largest absolute Gasteiger partial charge is 0.507 e. The molecule has 4 N–H and O–H groups in total. The smallest absolute Gasteiger partial charge is 0.405 e. The van der Waals surface area contributed by atoms with Gasteiger partial charge in [0.25, 0.3) is 0 Å². The fourth-order valence-corrected chi connectivity index (χ4v) is 6.76. The van der Waals surface area contributed by atoms with Gasteiger partial charge in [-0.2, -0.15) is 13.2 Å². The topological polar surface area (TPSA) is 132 Å². The zero-order chi connectivity index (χ0) is 37.5. The number of nitrogens with zero attached hydrogens (tertiary/aromatic N) is 4. The van der Waals surface area contributed by atoms with Crippen molar-refractivity contribution in [2.45, 2.75) is 44.6 Å². The number of rotatable bonds is 13. The van der Waals surface area contributed by atoms with Crippen molar-refractivity contribution in [3.05, 3.63) is 120 Å². The number of amides is 2. The molecule has 2 aromatic heterocycles. The lowest BCUT2D eigenvalue weighted by molar-refractivity contribution is -0.143. The maximum atomic E-state index is 13.9. The Bertz CT molecular complexity index is 1900. The first kappa shape index (κ1) is 37.6. The first-order chi connectivity index (χ1) is 25.4. The van der Waals surface area contributed by atoms with E-state index in [-0.39, 0.29) is 44.0 Å². The number of halogens is 3. The number of para-hydroxylation sites is 1. The van der Waals surface area contributed by atoms with E-state index in [2.05, 4.69) is 10.3 Å². The van der Waals surface area contributed by atoms with E-state index in [1.807, 2.05) is 70.5 Å². The van der Waals surface area contributed by atoms with Gasteiger partial charge in [-0.05, 0) is 67.3 Å². The van der Waals surface area contributed by atoms with Crippen LogP contribution in [0.5, 0.6) is 5.75 Å². The summed E-state index contributed by atoms with van der Waals surface area (Å²) >= 11 is 0. The molecule has 14 heteroatoms. The highest BCUT2D eigenvalue weighted by Crippen LogP contribution is 2.31. The first-order valence-electron chi connectivity index (χ1n) is 17.5. The molecule has 1 saturated heterocycles. The third-order valence-corrected chi connectivity index (χ3v) is 9.47. The van der Waals surface area contributed by atoms with Crippen molar-refractivity contribution in [1.29, 1.82) is 0 Å². The van der Waals surface area contributed by atoms with Crippen LogP contribution in [0, 0.1) is 12.8 Å². The normalized spacial score (nSPS) is 17.8. The molecular formula is C39H43F3N6O5. The molecule has 0 radical (unpaired) electrons. The minimum absolute atomic E-state index is 0.0312. The summed E-state index contributed by atoms with van der Waals surface area (Å²) < 4.78 is 47.0. The molecule has 4 heterocycles. The molecule has 0 saturated carbocycles. The summed E-state index contributed by atoms with van der Waals surface area (Å²) in [6.45, 7) is 1.79. The number of carbonyl (C=O) groups excluding carboxylic acids is 2. The van der Waals surface area contributed by atoms with E-state index in [0.29, 0.717) is 30.9 Å². The second-order valence-electron chi connectivity index (χ2n) is 13.6. The van der Waals surface area contributed by atoms with Crippen LogP contribution >= 0.6 is 0 Å². The summed E-state index contributed by atoms with van der Waals surface area (Å²) in [5.74, 6) is -1.67. The minimum Gasteiger partial charge on any atom is -0.507 e. The van der Waals surface area contributed by atoms with Crippen molar-refractivity contribution in [3.63, 3.8) is 0 Å². The molecule has 2 aromatic carbocycles. The van der Waals surface area contributed by atoms with Gasteiger partial charge in [-0.1, -0.05) is 35.9 Å². The fraction of sp³-hybridized carbons (Fsp3) is 0.359. The van der Waals surface area contributed by atoms with E-state index in [9.17, 15) is 33.0 Å². The van der Waals surface area contributed by atoms with Crippen molar-refractivity contribution in [2.24, 2.45) is 5.92 Å². The third-order valence-electron chi connectivity index (χ3n) is 9.47. The highest BCUT2D eigenvalue weighted by Gasteiger charge is 2.37. The number of aryl methyl sites for hydroxylation is 1. The van der Waals surface area contributed by atoms with E-state index in [1.54, 1.807) is 47.6 Å². The molecule has 1 fully saturated rings. The van der Waals surface area contributed by atoms with Crippen LogP contribution in [0.15, 0.2) is 97.3 Å². The van der Waals surface area contributed by atoms with Crippen LogP contribution in [-0.2, 0) is 22.6 Å². The Balaban J connectivity index is 1.15. The van der Waals surface area contributed by atoms with Gasteiger partial charge in [0.2, 0.25) is 11.8 Å². The van der Waals surface area contributed by atoms with Crippen molar-refractivity contribution >= 4 is 17.5 Å². The number of ether oxygens (including phenoxy) is 1. The number of hydrogen-bond acceptors (Lipinski definition) is 8. The van der Waals surface area contributed by atoms with E-state index >= 15 is 0 Å². The fourth-order valence-electron chi connectivity index (χ4n) is 6.76. The molecule has 0 aliphatic carbocycles. The molecule has 280 valence electrons. The molecule has 4 aromatic rings. The standard InChI is InChI=1S/C39H43F3N6O5/c1-26-8-10-30(11-9-26)47-14-12-28(21-47)20-46-15-16-48(33(23-46)38(52)44-25-39(40,41)42)22-31(49)18-29(17-27-5-4-13-43-19-27)37(51)45-36-32-6-2-3-7-35(32)53-24-34(36)50/h2-14,19,21,29,31,33,49-50H,15-18,20,22-25H2,1H3,(H,44,52)(H,45,51)/t29-,31+,33+/m1/s1. The predicted octanol–water partition coefficient (Wildman–Crippen LogP) is 4.39. The molecule has 2 amide bonds. The van der Waals surface area contributed by atoms with Crippen LogP contribution in [-0.4, -0.2) is 99.0 Å². The number of hydrogen-bond donors (Lipinski definition) is 4. The van der Waals surface area contributed by atoms with Crippen LogP contribution < -0.4 is 15.4 Å². The zero-order valence-corrected chi connectivity index (χ0v) is 29.3. The highest BCUT2D eigenvalue weighted by atomic mass is 19.4. The lowest BCUT2D eigenvalue weighted by atomic mass is 9.92. The summed E-state index contributed by atoms with van der Waals surface area (Å²) in [5.41, 5.74) is 4.60. The average Bonchev–Trinajstić information content (AvgIpc) is 3.61. The molecule has 2 aliphatic heterocycles. The molecule has 53 heavy (non-hydrogen) atoms. The van der Waals surface area contributed by atoms with E-state index in [4.69, 9.17) is 4.74 Å². The average molecular weight is 733 g/mol. The number of pyridine rings is 1. The maximum absolute atomic E-state index is 13.9. The molecular weight excluding hydrogens is 689 g/mol. The van der Waals surface area contributed by atoms with Gasteiger partial charge < -0.3 is 30.2 Å². The maximum Gasteiger partial charge on any atom is 0.405 e. The number of nitrogens with one attached hydrogen (secondary N) is 2. The quantitative estimate of drug-likeness (QED) is 0.159. The van der Waals surface area contributed by atoms with Crippen molar-refractivity contribution in [1.82, 2.24) is 30.0 Å². The lowest BCUT2D eigenvalue weighted by Gasteiger charge is -2.41. The Morgan fingerprint density at radius 3 is 2.58 bits per heavy atom. The molecule has 0 bridgehead atoms. The second kappa shape index (κ2) is 16.7. The summed E-state index contributed by atoms with van der Waals surface area (Å²) in [6, 6.07) is 19.6. The summed E-state index contributed by atoms with van der Waals surface area (Å²) in [7, 11) is 0. The lowest BCUT2D eigenvalue weighted by Crippen LogP contribution is -2.60. The SMILES string of the molecule is Cc1ccc(-n2ccc(CN3CCN(C[C@@H](O)C[C@@H](Cc4cccnc4)C(=O)NC4=C(O)COc5ccccc54)[C@H](C(=O)NCC(F)(F)F)C3)c2)cc1. The number of carbonyl (C=O) groups is 2. The van der Waals surface area contributed by atoms with Gasteiger partial charge in [-0.25, -0.2) is 0 Å². The summed E-state index contributed by atoms with van der Waals surface area (Å²) in [6.07, 6.45) is 1.64. The number of alkyl halides is 3. The van der Waals surface area contributed by atoms with Crippen LogP contribution in [0.3, 0.4) is 0 Å². The van der Waals surface area contributed by atoms with Gasteiger partial charge in [0.05, 0.1) is 11.8 Å². The van der Waals surface area contributed by atoms with Crippen molar-refractivity contribution in [2.75, 3.05) is 39.3 Å². The van der Waals surface area contributed by atoms with Crippen LogP contribution in [0.2, 0.25) is 0 Å². The Labute approximate surface area is 305 Å². The zero-order valence-electron chi connectivity index (χ0n) is 29.3. The molecule has 0 spiro atoms. The molecule has 2 aliphatic rings. The number of β-amino-alcohol motifs (C(OH)–C–C–N with tert-alkyl or cyclic N) is 1. The van der Waals surface area contributed by atoms with E-state index in [0.717, 1.165) is 22.4 Å². The number of aliphatic hydroxyl groups excluding tert-OH is 2. The Kier molecular flexibility index (Phi) is 11.8. The van der Waals surface area contributed by atoms with Crippen LogP contribution in [0.4, 0.5) is 13.2 Å². The monoisotopic (exact) mass is 732 g/mol. The van der Waals surface area contributed by atoms with Crippen molar-refractivity contribution in [3.8, 4) is 11.4 Å². The highest BCUT2D eigenvalue weighted by molar-refractivity contribution is 5.90. The van der Waals surface area contributed by atoms with Crippen LogP contribution in [0.1, 0.15) is 28.7 Å². The number of piperazine rings is 1. The van der Waals surface area contributed by atoms with Gasteiger partial charge in [-0.15, -0.1) is 0 Å². The van der Waals surface area contributed by atoms with E-state index in [1.165, 1.54) is 0 Å². The molecule has 6 rings (SSSR count). The molecule has 3 atom stereocenters. The Hall–Kier alpha value is -5.18. The predicted molar refractivity (Wildman–Crippen MR) is 192 cm³/mol. The first-order valence-corrected chi connectivity index (χ1v) is 17.5. The number of fused-ring (bicyclic) bond motifs is 1. The molecule has 0 unspecified atom stereocenters. The van der Waals surface area contributed by atoms with Crippen LogP contribution in [0.25, 0.3) is 11.4 Å². The van der Waals surface area contributed by atoms with Gasteiger partial charge in [0.15, 0.2) is 5.76 Å². The summed E-state index contributed by atoms with van der Waals surface area (Å²) in [5, 5.41) is 27.0. The second-order valence-corrected chi connectivity index (χ2v) is 13.6. The van der Waals surface area contributed by atoms with Gasteiger partial charge in [0.1, 0.15) is 24.9 Å². The van der Waals surface area contributed by atoms with Gasteiger partial charge in [0, 0.05) is 74.7 Å². The van der Waals surface area contributed by atoms with Gasteiger partial charge in [-0.3, -0.25) is 24.4 Å².